The van der Waals surface area contributed by atoms with Crippen LogP contribution in [-0.4, -0.2) is 87.5 Å². The highest BCUT2D eigenvalue weighted by Crippen LogP contribution is 2.23. The minimum absolute atomic E-state index is 0.187. The van der Waals surface area contributed by atoms with Gasteiger partial charge in [0.15, 0.2) is 6.29 Å². The molecule has 7 unspecified atom stereocenters. The van der Waals surface area contributed by atoms with Crippen molar-refractivity contribution < 1.29 is 39.8 Å². The number of nitrogens with one attached hydrogen (secondary N) is 1. The number of unbranched alkanes of at least 4 members (excludes halogenated alkanes) is 32. The summed E-state index contributed by atoms with van der Waals surface area (Å²) in [6, 6.07) is -0.820. The van der Waals surface area contributed by atoms with Crippen LogP contribution in [0.3, 0.4) is 0 Å². The van der Waals surface area contributed by atoms with Crippen molar-refractivity contribution in [2.45, 2.75) is 301 Å². The molecular formula is C58H107NO8. The molecular weight excluding hydrogens is 839 g/mol. The molecule has 1 aliphatic heterocycles. The summed E-state index contributed by atoms with van der Waals surface area (Å²) in [6.07, 6.45) is 56.3. The van der Waals surface area contributed by atoms with Crippen LogP contribution in [0, 0.1) is 0 Å². The van der Waals surface area contributed by atoms with Crippen molar-refractivity contribution in [1.29, 1.82) is 0 Å². The van der Waals surface area contributed by atoms with E-state index in [2.05, 4.69) is 55.6 Å². The van der Waals surface area contributed by atoms with Crippen molar-refractivity contribution in [3.05, 3.63) is 48.6 Å². The second-order valence-electron chi connectivity index (χ2n) is 19.7. The van der Waals surface area contributed by atoms with Gasteiger partial charge in [-0.1, -0.05) is 236 Å². The second kappa shape index (κ2) is 47.8. The molecule has 0 aromatic heterocycles. The zero-order chi connectivity index (χ0) is 48.7. The normalized spacial score (nSPS) is 20.0. The highest BCUT2D eigenvalue weighted by Gasteiger charge is 2.44. The maximum absolute atomic E-state index is 13.0. The summed E-state index contributed by atoms with van der Waals surface area (Å²) in [5, 5.41) is 54.2. The summed E-state index contributed by atoms with van der Waals surface area (Å²) in [5.41, 5.74) is 0. The van der Waals surface area contributed by atoms with Crippen LogP contribution in [0.1, 0.15) is 258 Å². The van der Waals surface area contributed by atoms with E-state index in [4.69, 9.17) is 9.47 Å². The van der Waals surface area contributed by atoms with Gasteiger partial charge < -0.3 is 40.3 Å². The first-order chi connectivity index (χ1) is 32.8. The predicted octanol–water partition coefficient (Wildman–Crippen LogP) is 13.7. The number of ether oxygens (including phenoxy) is 2. The van der Waals surface area contributed by atoms with Crippen molar-refractivity contribution in [3.8, 4) is 0 Å². The fourth-order valence-corrected chi connectivity index (χ4v) is 8.85. The first-order valence-corrected chi connectivity index (χ1v) is 28.4. The summed E-state index contributed by atoms with van der Waals surface area (Å²) in [5.74, 6) is -0.187. The van der Waals surface area contributed by atoms with E-state index in [0.29, 0.717) is 6.42 Å². The molecule has 1 heterocycles. The zero-order valence-electron chi connectivity index (χ0n) is 43.4. The SMILES string of the molecule is CCCCCCC/C=C/CC/C=C/C(O)C(COC1OC(CO)C(O)C(O)C1O)NC(=O)CCCCCCCCCCCCCCCCCCC/C=C\C/C=C\CCCCCCCCCCC. The lowest BCUT2D eigenvalue weighted by Crippen LogP contribution is -2.60. The average molecular weight is 946 g/mol. The molecule has 0 aromatic rings. The molecule has 6 N–H and O–H groups in total. The molecule has 0 bridgehead atoms. The summed E-state index contributed by atoms with van der Waals surface area (Å²) in [4.78, 5) is 13.0. The van der Waals surface area contributed by atoms with Gasteiger partial charge in [0.05, 0.1) is 25.4 Å². The van der Waals surface area contributed by atoms with Gasteiger partial charge in [0, 0.05) is 6.42 Å². The topological polar surface area (TPSA) is 149 Å². The Hall–Kier alpha value is -1.85. The number of aliphatic hydroxyl groups is 5. The summed E-state index contributed by atoms with van der Waals surface area (Å²) in [7, 11) is 0. The van der Waals surface area contributed by atoms with E-state index in [1.54, 1.807) is 6.08 Å². The van der Waals surface area contributed by atoms with Crippen LogP contribution in [0.4, 0.5) is 0 Å². The molecule has 0 spiro atoms. The Bertz CT molecular complexity index is 1190. The molecule has 392 valence electrons. The van der Waals surface area contributed by atoms with Crippen LogP contribution in [0.15, 0.2) is 48.6 Å². The fourth-order valence-electron chi connectivity index (χ4n) is 8.85. The highest BCUT2D eigenvalue weighted by atomic mass is 16.7. The number of hydrogen-bond acceptors (Lipinski definition) is 8. The zero-order valence-corrected chi connectivity index (χ0v) is 43.4. The van der Waals surface area contributed by atoms with Crippen molar-refractivity contribution in [1.82, 2.24) is 5.32 Å². The summed E-state index contributed by atoms with van der Waals surface area (Å²) in [6.45, 7) is 3.74. The number of hydrogen-bond donors (Lipinski definition) is 6. The minimum Gasteiger partial charge on any atom is -0.394 e. The fraction of sp³-hybridized carbons (Fsp3) is 0.845. The second-order valence-corrected chi connectivity index (χ2v) is 19.7. The quantitative estimate of drug-likeness (QED) is 0.0261. The van der Waals surface area contributed by atoms with E-state index in [-0.39, 0.29) is 12.5 Å². The third kappa shape index (κ3) is 37.6. The molecule has 1 saturated heterocycles. The van der Waals surface area contributed by atoms with Crippen LogP contribution >= 0.6 is 0 Å². The van der Waals surface area contributed by atoms with Crippen molar-refractivity contribution in [3.63, 3.8) is 0 Å². The number of allylic oxidation sites excluding steroid dienone is 7. The van der Waals surface area contributed by atoms with E-state index in [9.17, 15) is 30.3 Å². The van der Waals surface area contributed by atoms with Gasteiger partial charge in [-0.3, -0.25) is 4.79 Å². The van der Waals surface area contributed by atoms with Crippen LogP contribution in [-0.2, 0) is 14.3 Å². The Morgan fingerprint density at radius 2 is 0.896 bits per heavy atom. The molecule has 0 aromatic carbocycles. The molecule has 1 fully saturated rings. The van der Waals surface area contributed by atoms with Crippen LogP contribution in [0.25, 0.3) is 0 Å². The minimum atomic E-state index is -1.57. The monoisotopic (exact) mass is 946 g/mol. The van der Waals surface area contributed by atoms with E-state index in [0.717, 1.165) is 44.9 Å². The lowest BCUT2D eigenvalue weighted by Gasteiger charge is -2.40. The smallest absolute Gasteiger partial charge is 0.220 e. The van der Waals surface area contributed by atoms with Gasteiger partial charge in [0.2, 0.25) is 5.91 Å². The van der Waals surface area contributed by atoms with Crippen molar-refractivity contribution in [2.24, 2.45) is 0 Å². The van der Waals surface area contributed by atoms with E-state index < -0.39 is 49.5 Å². The predicted molar refractivity (Wildman–Crippen MR) is 281 cm³/mol. The molecule has 67 heavy (non-hydrogen) atoms. The first kappa shape index (κ1) is 63.2. The van der Waals surface area contributed by atoms with Crippen molar-refractivity contribution >= 4 is 5.91 Å². The molecule has 1 aliphatic rings. The number of carbonyl (C=O) groups is 1. The van der Waals surface area contributed by atoms with E-state index in [1.165, 1.54) is 193 Å². The van der Waals surface area contributed by atoms with E-state index in [1.807, 2.05) is 6.08 Å². The van der Waals surface area contributed by atoms with Gasteiger partial charge in [-0.2, -0.15) is 0 Å². The first-order valence-electron chi connectivity index (χ1n) is 28.4. The Morgan fingerprint density at radius 1 is 0.507 bits per heavy atom. The number of aliphatic hydroxyl groups excluding tert-OH is 5. The van der Waals surface area contributed by atoms with Gasteiger partial charge in [0.1, 0.15) is 24.4 Å². The Balaban J connectivity index is 2.10. The average Bonchev–Trinajstić information content (AvgIpc) is 3.33. The van der Waals surface area contributed by atoms with Gasteiger partial charge in [-0.05, 0) is 64.2 Å². The molecule has 1 rings (SSSR count). The number of carbonyl (C=O) groups excluding carboxylic acids is 1. The molecule has 0 saturated carbocycles. The Kier molecular flexibility index (Phi) is 45.1. The van der Waals surface area contributed by atoms with Crippen molar-refractivity contribution in [2.75, 3.05) is 13.2 Å². The highest BCUT2D eigenvalue weighted by molar-refractivity contribution is 5.76. The number of amides is 1. The Morgan fingerprint density at radius 3 is 1.34 bits per heavy atom. The Labute approximate surface area is 412 Å². The van der Waals surface area contributed by atoms with Crippen LogP contribution < -0.4 is 5.32 Å². The van der Waals surface area contributed by atoms with Crippen LogP contribution in [0.2, 0.25) is 0 Å². The van der Waals surface area contributed by atoms with Gasteiger partial charge >= 0.3 is 0 Å². The third-order valence-electron chi connectivity index (χ3n) is 13.4. The molecule has 1 amide bonds. The summed E-state index contributed by atoms with van der Waals surface area (Å²) < 4.78 is 11.2. The van der Waals surface area contributed by atoms with Gasteiger partial charge in [0.25, 0.3) is 0 Å². The number of rotatable bonds is 48. The lowest BCUT2D eigenvalue weighted by molar-refractivity contribution is -0.302. The molecule has 9 nitrogen and oxygen atoms in total. The third-order valence-corrected chi connectivity index (χ3v) is 13.4. The molecule has 0 radical (unpaired) electrons. The maximum atomic E-state index is 13.0. The van der Waals surface area contributed by atoms with Gasteiger partial charge in [-0.15, -0.1) is 0 Å². The standard InChI is InChI=1S/C58H107NO8/c1-3-5-7-9-11-13-15-16-17-18-19-20-21-22-23-24-25-26-27-28-29-30-31-32-33-34-35-36-38-40-42-44-46-48-54(62)59-51(50-66-58-57(65)56(64)55(63)53(49-60)67-58)52(61)47-45-43-41-39-37-14-12-10-8-6-4-2/h19-20,22-23,37,39,45,47,51-53,55-58,60-61,63-65H,3-18,21,24-36,38,40-44,46,48-50H2,1-2H3,(H,59,62)/b20-19-,23-22-,39-37+,47-45+. The largest absolute Gasteiger partial charge is 0.394 e. The lowest BCUT2D eigenvalue weighted by atomic mass is 9.99. The maximum Gasteiger partial charge on any atom is 0.220 e. The molecule has 7 atom stereocenters. The van der Waals surface area contributed by atoms with Crippen LogP contribution in [0.5, 0.6) is 0 Å². The molecule has 9 heteroatoms. The summed E-state index contributed by atoms with van der Waals surface area (Å²) >= 11 is 0. The van der Waals surface area contributed by atoms with Gasteiger partial charge in [-0.25, -0.2) is 0 Å². The molecule has 0 aliphatic carbocycles. The van der Waals surface area contributed by atoms with E-state index >= 15 is 0 Å².